The van der Waals surface area contributed by atoms with E-state index in [1.807, 2.05) is 0 Å². The van der Waals surface area contributed by atoms with Crippen LogP contribution in [-0.2, 0) is 4.74 Å². The summed E-state index contributed by atoms with van der Waals surface area (Å²) in [6.07, 6.45) is 0. The summed E-state index contributed by atoms with van der Waals surface area (Å²) in [6.45, 7) is 1.63. The fourth-order valence-electron chi connectivity index (χ4n) is 1.22. The van der Waals surface area contributed by atoms with Crippen LogP contribution in [0.4, 0.5) is 0 Å². The summed E-state index contributed by atoms with van der Waals surface area (Å²) in [5, 5.41) is 13.9. The number of aromatic amines is 1. The molecule has 0 bridgehead atoms. The number of carbonyl (C=O) groups excluding carboxylic acids is 1. The van der Waals surface area contributed by atoms with E-state index in [-0.39, 0.29) is 11.3 Å². The van der Waals surface area contributed by atoms with Crippen LogP contribution in [0.15, 0.2) is 16.9 Å². The largest absolute Gasteiger partial charge is 0.464 e. The molecule has 17 heavy (non-hydrogen) atoms. The highest BCUT2D eigenvalue weighted by molar-refractivity contribution is 5.88. The van der Waals surface area contributed by atoms with Gasteiger partial charge in [0.1, 0.15) is 0 Å². The van der Waals surface area contributed by atoms with Crippen LogP contribution in [0.2, 0.25) is 0 Å². The van der Waals surface area contributed by atoms with Gasteiger partial charge >= 0.3 is 5.97 Å². The lowest BCUT2D eigenvalue weighted by Gasteiger charge is -1.95. The SMILES string of the molecule is COC(=O)c1nn(-c2ccc(=O)[nH]n2)nc1C. The number of hydrogen-bond acceptors (Lipinski definition) is 6. The first-order valence-corrected chi connectivity index (χ1v) is 4.70. The highest BCUT2D eigenvalue weighted by atomic mass is 16.5. The molecule has 2 rings (SSSR count). The lowest BCUT2D eigenvalue weighted by Crippen LogP contribution is -2.11. The van der Waals surface area contributed by atoms with Crippen LogP contribution in [0.5, 0.6) is 0 Å². The second-order valence-electron chi connectivity index (χ2n) is 3.19. The van der Waals surface area contributed by atoms with E-state index in [0.29, 0.717) is 11.5 Å². The van der Waals surface area contributed by atoms with Crippen molar-refractivity contribution in [1.29, 1.82) is 0 Å². The third kappa shape index (κ3) is 2.05. The molecule has 0 amide bonds. The number of hydrogen-bond donors (Lipinski definition) is 1. The van der Waals surface area contributed by atoms with Crippen molar-refractivity contribution in [1.82, 2.24) is 25.2 Å². The molecule has 0 aliphatic heterocycles. The summed E-state index contributed by atoms with van der Waals surface area (Å²) >= 11 is 0. The average molecular weight is 235 g/mol. The van der Waals surface area contributed by atoms with Gasteiger partial charge in [-0.05, 0) is 13.0 Å². The average Bonchev–Trinajstić information content (AvgIpc) is 2.71. The van der Waals surface area contributed by atoms with Gasteiger partial charge in [0.25, 0.3) is 5.56 Å². The molecule has 0 fully saturated rings. The minimum atomic E-state index is -0.571. The number of ether oxygens (including phenoxy) is 1. The minimum Gasteiger partial charge on any atom is -0.464 e. The topological polar surface area (TPSA) is 103 Å². The fraction of sp³-hybridized carbons (Fsp3) is 0.222. The highest BCUT2D eigenvalue weighted by Gasteiger charge is 2.16. The Labute approximate surface area is 95.2 Å². The summed E-state index contributed by atoms with van der Waals surface area (Å²) < 4.78 is 4.55. The van der Waals surface area contributed by atoms with E-state index in [2.05, 4.69) is 25.1 Å². The lowest BCUT2D eigenvalue weighted by atomic mass is 10.3. The predicted octanol–water partition coefficient (Wildman–Crippen LogP) is -0.554. The molecule has 2 heterocycles. The van der Waals surface area contributed by atoms with Crippen LogP contribution >= 0.6 is 0 Å². The molecular weight excluding hydrogens is 226 g/mol. The molecule has 0 saturated heterocycles. The Kier molecular flexibility index (Phi) is 2.69. The Morgan fingerprint density at radius 2 is 2.18 bits per heavy atom. The Hall–Kier alpha value is -2.51. The van der Waals surface area contributed by atoms with Crippen molar-refractivity contribution in [3.05, 3.63) is 33.9 Å². The van der Waals surface area contributed by atoms with Crippen molar-refractivity contribution in [2.24, 2.45) is 0 Å². The van der Waals surface area contributed by atoms with Gasteiger partial charge in [-0.25, -0.2) is 9.89 Å². The maximum atomic E-state index is 11.3. The van der Waals surface area contributed by atoms with E-state index in [1.54, 1.807) is 6.92 Å². The van der Waals surface area contributed by atoms with Crippen LogP contribution in [0.1, 0.15) is 16.2 Å². The summed E-state index contributed by atoms with van der Waals surface area (Å²) in [5.74, 6) is -0.263. The van der Waals surface area contributed by atoms with E-state index in [9.17, 15) is 9.59 Å². The Balaban J connectivity index is 2.44. The van der Waals surface area contributed by atoms with Gasteiger partial charge in [0.15, 0.2) is 11.5 Å². The van der Waals surface area contributed by atoms with Crippen LogP contribution in [0, 0.1) is 6.92 Å². The molecule has 8 heteroatoms. The number of nitrogens with one attached hydrogen (secondary N) is 1. The zero-order valence-electron chi connectivity index (χ0n) is 9.17. The van der Waals surface area contributed by atoms with E-state index >= 15 is 0 Å². The van der Waals surface area contributed by atoms with Crippen LogP contribution in [-0.4, -0.2) is 38.3 Å². The Bertz CT molecular complexity index is 595. The van der Waals surface area contributed by atoms with Crippen molar-refractivity contribution in [2.75, 3.05) is 7.11 Å². The van der Waals surface area contributed by atoms with Gasteiger partial charge in [-0.1, -0.05) is 0 Å². The van der Waals surface area contributed by atoms with Gasteiger partial charge < -0.3 is 4.74 Å². The normalized spacial score (nSPS) is 10.2. The van der Waals surface area contributed by atoms with E-state index < -0.39 is 5.97 Å². The van der Waals surface area contributed by atoms with Crippen LogP contribution < -0.4 is 5.56 Å². The molecule has 0 aliphatic rings. The predicted molar refractivity (Wildman–Crippen MR) is 55.9 cm³/mol. The first-order valence-electron chi connectivity index (χ1n) is 4.70. The standard InChI is InChI=1S/C9H9N5O3/c1-5-8(9(16)17-2)13-14(12-5)6-3-4-7(15)11-10-6/h3-4H,1-2H3,(H,11,15). The Morgan fingerprint density at radius 3 is 2.76 bits per heavy atom. The molecule has 8 nitrogen and oxygen atoms in total. The summed E-state index contributed by atoms with van der Waals surface area (Å²) in [6, 6.07) is 2.73. The molecule has 0 spiro atoms. The summed E-state index contributed by atoms with van der Waals surface area (Å²) in [5.41, 5.74) is 0.205. The number of esters is 1. The molecule has 0 radical (unpaired) electrons. The van der Waals surface area contributed by atoms with E-state index in [4.69, 9.17) is 0 Å². The summed E-state index contributed by atoms with van der Waals surface area (Å²) in [7, 11) is 1.26. The maximum Gasteiger partial charge on any atom is 0.360 e. The van der Waals surface area contributed by atoms with Crippen LogP contribution in [0.3, 0.4) is 0 Å². The van der Waals surface area contributed by atoms with Gasteiger partial charge in [-0.2, -0.15) is 10.2 Å². The van der Waals surface area contributed by atoms with Crippen LogP contribution in [0.25, 0.3) is 5.82 Å². The monoisotopic (exact) mass is 235 g/mol. The van der Waals surface area contributed by atoms with Crippen molar-refractivity contribution in [2.45, 2.75) is 6.92 Å². The second-order valence-corrected chi connectivity index (χ2v) is 3.19. The number of methoxy groups -OCH3 is 1. The third-order valence-corrected chi connectivity index (χ3v) is 2.03. The van der Waals surface area contributed by atoms with Gasteiger partial charge in [0.05, 0.1) is 12.8 Å². The molecule has 0 atom stereocenters. The molecule has 0 unspecified atom stereocenters. The van der Waals surface area contributed by atoms with Gasteiger partial charge in [-0.15, -0.1) is 9.90 Å². The van der Waals surface area contributed by atoms with Gasteiger partial charge in [0.2, 0.25) is 0 Å². The molecule has 1 N–H and O–H groups in total. The number of rotatable bonds is 2. The molecular formula is C9H9N5O3. The zero-order chi connectivity index (χ0) is 12.4. The number of aromatic nitrogens is 5. The van der Waals surface area contributed by atoms with Crippen molar-refractivity contribution >= 4 is 5.97 Å². The highest BCUT2D eigenvalue weighted by Crippen LogP contribution is 2.05. The van der Waals surface area contributed by atoms with Gasteiger partial charge in [-0.3, -0.25) is 4.79 Å². The molecule has 0 aromatic carbocycles. The minimum absolute atomic E-state index is 0.112. The molecule has 2 aromatic heterocycles. The number of H-pyrrole nitrogens is 1. The first-order chi connectivity index (χ1) is 8.11. The zero-order valence-corrected chi connectivity index (χ0v) is 9.17. The number of carbonyl (C=O) groups is 1. The third-order valence-electron chi connectivity index (χ3n) is 2.03. The number of nitrogens with zero attached hydrogens (tertiary/aromatic N) is 4. The maximum absolute atomic E-state index is 11.3. The second kappa shape index (κ2) is 4.16. The first kappa shape index (κ1) is 11.0. The fourth-order valence-corrected chi connectivity index (χ4v) is 1.22. The molecule has 2 aromatic rings. The quantitative estimate of drug-likeness (QED) is 0.700. The smallest absolute Gasteiger partial charge is 0.360 e. The molecule has 0 aliphatic carbocycles. The summed E-state index contributed by atoms with van der Waals surface area (Å²) in [4.78, 5) is 23.3. The van der Waals surface area contributed by atoms with Crippen molar-refractivity contribution in [3.8, 4) is 5.82 Å². The van der Waals surface area contributed by atoms with Gasteiger partial charge in [0, 0.05) is 6.07 Å². The Morgan fingerprint density at radius 1 is 1.41 bits per heavy atom. The lowest BCUT2D eigenvalue weighted by molar-refractivity contribution is 0.0592. The van der Waals surface area contributed by atoms with E-state index in [0.717, 1.165) is 4.80 Å². The van der Waals surface area contributed by atoms with Crippen molar-refractivity contribution in [3.63, 3.8) is 0 Å². The molecule has 0 saturated carbocycles. The number of aryl methyl sites for hydroxylation is 1. The molecule has 88 valence electrons. The van der Waals surface area contributed by atoms with E-state index in [1.165, 1.54) is 19.2 Å². The van der Waals surface area contributed by atoms with Crippen molar-refractivity contribution < 1.29 is 9.53 Å².